The van der Waals surface area contributed by atoms with Gasteiger partial charge in [0.1, 0.15) is 24.0 Å². The summed E-state index contributed by atoms with van der Waals surface area (Å²) in [6, 6.07) is 8.29. The molecule has 5 heteroatoms. The van der Waals surface area contributed by atoms with Crippen LogP contribution in [0.4, 0.5) is 14.5 Å². The summed E-state index contributed by atoms with van der Waals surface area (Å²) in [6.45, 7) is -0.232. The third kappa shape index (κ3) is 2.71. The van der Waals surface area contributed by atoms with E-state index in [4.69, 9.17) is 22.1 Å². The van der Waals surface area contributed by atoms with Crippen molar-refractivity contribution in [2.24, 2.45) is 0 Å². The van der Waals surface area contributed by atoms with Crippen LogP contribution in [0, 0.1) is 11.6 Å². The molecule has 0 aliphatic rings. The zero-order chi connectivity index (χ0) is 13.1. The average Bonchev–Trinajstić information content (AvgIpc) is 2.31. The first-order chi connectivity index (χ1) is 8.58. The van der Waals surface area contributed by atoms with Crippen LogP contribution in [0.15, 0.2) is 36.4 Å². The molecule has 0 aromatic heterocycles. The molecule has 0 saturated heterocycles. The Balaban J connectivity index is 2.16. The molecule has 0 amide bonds. The average molecular weight is 270 g/mol. The molecule has 0 spiro atoms. The molecule has 0 aliphatic heterocycles. The quantitative estimate of drug-likeness (QED) is 0.861. The Kier molecular flexibility index (Phi) is 3.67. The molecule has 2 N–H and O–H groups in total. The highest BCUT2D eigenvalue weighted by Crippen LogP contribution is 2.26. The van der Waals surface area contributed by atoms with Gasteiger partial charge in [0, 0.05) is 5.02 Å². The predicted molar refractivity (Wildman–Crippen MR) is 66.6 cm³/mol. The lowest BCUT2D eigenvalue weighted by atomic mass is 10.2. The van der Waals surface area contributed by atoms with Crippen LogP contribution in [0.3, 0.4) is 0 Å². The van der Waals surface area contributed by atoms with E-state index in [1.807, 2.05) is 0 Å². The number of nitrogen functional groups attached to an aromatic ring is 1. The van der Waals surface area contributed by atoms with Gasteiger partial charge >= 0.3 is 0 Å². The van der Waals surface area contributed by atoms with Crippen molar-refractivity contribution in [2.45, 2.75) is 6.61 Å². The lowest BCUT2D eigenvalue weighted by molar-refractivity contribution is 0.294. The first-order valence-corrected chi connectivity index (χ1v) is 5.56. The molecule has 2 aromatic rings. The molecular weight excluding hydrogens is 260 g/mol. The van der Waals surface area contributed by atoms with Crippen molar-refractivity contribution in [3.63, 3.8) is 0 Å². The number of halogens is 3. The van der Waals surface area contributed by atoms with E-state index < -0.39 is 11.6 Å². The summed E-state index contributed by atoms with van der Waals surface area (Å²) in [7, 11) is 0. The molecule has 0 unspecified atom stereocenters. The van der Waals surface area contributed by atoms with Gasteiger partial charge in [-0.25, -0.2) is 8.78 Å². The van der Waals surface area contributed by atoms with Crippen LogP contribution in [0.2, 0.25) is 5.02 Å². The summed E-state index contributed by atoms with van der Waals surface area (Å²) in [5.41, 5.74) is 5.85. The van der Waals surface area contributed by atoms with Crippen LogP contribution >= 0.6 is 11.6 Å². The predicted octanol–water partition coefficient (Wildman–Crippen LogP) is 3.78. The minimum Gasteiger partial charge on any atom is -0.487 e. The molecule has 2 nitrogen and oxygen atoms in total. The number of hydrogen-bond donors (Lipinski definition) is 1. The molecule has 2 aromatic carbocycles. The summed E-state index contributed by atoms with van der Waals surface area (Å²) in [4.78, 5) is 0. The summed E-state index contributed by atoms with van der Waals surface area (Å²) in [6.07, 6.45) is 0. The zero-order valence-corrected chi connectivity index (χ0v) is 10.0. The summed E-state index contributed by atoms with van der Waals surface area (Å²) in [5.74, 6) is -0.966. The van der Waals surface area contributed by atoms with E-state index in [9.17, 15) is 8.78 Å². The second kappa shape index (κ2) is 5.23. The van der Waals surface area contributed by atoms with Crippen molar-refractivity contribution in [3.8, 4) is 5.75 Å². The molecule has 0 atom stereocenters. The normalized spacial score (nSPS) is 10.4. The van der Waals surface area contributed by atoms with Gasteiger partial charge in [0.2, 0.25) is 0 Å². The highest BCUT2D eigenvalue weighted by molar-refractivity contribution is 6.30. The van der Waals surface area contributed by atoms with Crippen molar-refractivity contribution in [1.82, 2.24) is 0 Å². The first kappa shape index (κ1) is 12.6. The van der Waals surface area contributed by atoms with E-state index in [-0.39, 0.29) is 12.2 Å². The fraction of sp³-hybridized carbons (Fsp3) is 0.0769. The monoisotopic (exact) mass is 269 g/mol. The Morgan fingerprint density at radius 3 is 2.39 bits per heavy atom. The molecule has 2 rings (SSSR count). The van der Waals surface area contributed by atoms with Crippen LogP contribution in [0.5, 0.6) is 5.75 Å². The van der Waals surface area contributed by atoms with E-state index in [1.54, 1.807) is 12.1 Å². The Morgan fingerprint density at radius 2 is 1.78 bits per heavy atom. The molecule has 0 saturated carbocycles. The van der Waals surface area contributed by atoms with Gasteiger partial charge in [-0.3, -0.25) is 0 Å². The third-order valence-corrected chi connectivity index (χ3v) is 2.64. The van der Waals surface area contributed by atoms with Gasteiger partial charge < -0.3 is 10.5 Å². The number of hydrogen-bond acceptors (Lipinski definition) is 2. The summed E-state index contributed by atoms with van der Waals surface area (Å²) in [5, 5.41) is 0.469. The van der Waals surface area contributed by atoms with E-state index >= 15 is 0 Å². The minimum absolute atomic E-state index is 0.133. The maximum absolute atomic E-state index is 13.3. The van der Waals surface area contributed by atoms with Crippen molar-refractivity contribution >= 4 is 17.3 Å². The number of rotatable bonds is 3. The zero-order valence-electron chi connectivity index (χ0n) is 9.29. The Bertz CT molecular complexity index is 555. The summed E-state index contributed by atoms with van der Waals surface area (Å²) < 4.78 is 32.0. The number of anilines is 1. The van der Waals surface area contributed by atoms with Gasteiger partial charge in [0.05, 0.1) is 11.3 Å². The largest absolute Gasteiger partial charge is 0.487 e. The molecule has 0 bridgehead atoms. The third-order valence-electron chi connectivity index (χ3n) is 2.41. The second-order valence-corrected chi connectivity index (χ2v) is 4.11. The van der Waals surface area contributed by atoms with Crippen LogP contribution in [-0.2, 0) is 6.61 Å². The Labute approximate surface area is 108 Å². The lowest BCUT2D eigenvalue weighted by Gasteiger charge is -2.10. The van der Waals surface area contributed by atoms with E-state index in [0.29, 0.717) is 16.5 Å². The Hall–Kier alpha value is -1.81. The van der Waals surface area contributed by atoms with Gasteiger partial charge in [-0.15, -0.1) is 0 Å². The summed E-state index contributed by atoms with van der Waals surface area (Å²) >= 11 is 5.73. The maximum Gasteiger partial charge on any atom is 0.142 e. The standard InChI is InChI=1S/C13H10ClF2NO/c14-8-4-5-13(12(17)6-8)18-7-9-10(15)2-1-3-11(9)16/h1-6H,7,17H2. The highest BCUT2D eigenvalue weighted by atomic mass is 35.5. The van der Waals surface area contributed by atoms with Crippen molar-refractivity contribution < 1.29 is 13.5 Å². The molecule has 0 radical (unpaired) electrons. The Morgan fingerprint density at radius 1 is 1.11 bits per heavy atom. The number of ether oxygens (including phenoxy) is 1. The molecule has 0 aliphatic carbocycles. The molecular formula is C13H10ClF2NO. The van der Waals surface area contributed by atoms with Gasteiger partial charge in [-0.1, -0.05) is 17.7 Å². The number of nitrogens with two attached hydrogens (primary N) is 1. The van der Waals surface area contributed by atoms with Crippen molar-refractivity contribution in [2.75, 3.05) is 5.73 Å². The minimum atomic E-state index is -0.650. The van der Waals surface area contributed by atoms with E-state index in [2.05, 4.69) is 0 Å². The van der Waals surface area contributed by atoms with Gasteiger partial charge in [0.15, 0.2) is 0 Å². The van der Waals surface area contributed by atoms with E-state index in [1.165, 1.54) is 24.3 Å². The van der Waals surface area contributed by atoms with Gasteiger partial charge in [-0.2, -0.15) is 0 Å². The van der Waals surface area contributed by atoms with E-state index in [0.717, 1.165) is 0 Å². The molecule has 94 valence electrons. The number of benzene rings is 2. The van der Waals surface area contributed by atoms with Crippen molar-refractivity contribution in [1.29, 1.82) is 0 Å². The molecule has 0 fully saturated rings. The molecule has 18 heavy (non-hydrogen) atoms. The fourth-order valence-electron chi connectivity index (χ4n) is 1.47. The SMILES string of the molecule is Nc1cc(Cl)ccc1OCc1c(F)cccc1F. The van der Waals surface area contributed by atoms with Crippen LogP contribution in [0.1, 0.15) is 5.56 Å². The first-order valence-electron chi connectivity index (χ1n) is 5.18. The van der Waals surface area contributed by atoms with Gasteiger partial charge in [-0.05, 0) is 30.3 Å². The fourth-order valence-corrected chi connectivity index (χ4v) is 1.65. The van der Waals surface area contributed by atoms with Crippen LogP contribution in [-0.4, -0.2) is 0 Å². The van der Waals surface area contributed by atoms with Crippen molar-refractivity contribution in [3.05, 3.63) is 58.6 Å². The molecule has 0 heterocycles. The van der Waals surface area contributed by atoms with Gasteiger partial charge in [0.25, 0.3) is 0 Å². The second-order valence-electron chi connectivity index (χ2n) is 3.67. The lowest BCUT2D eigenvalue weighted by Crippen LogP contribution is -2.03. The van der Waals surface area contributed by atoms with Crippen LogP contribution < -0.4 is 10.5 Å². The van der Waals surface area contributed by atoms with Crippen LogP contribution in [0.25, 0.3) is 0 Å². The highest BCUT2D eigenvalue weighted by Gasteiger charge is 2.10. The topological polar surface area (TPSA) is 35.2 Å². The maximum atomic E-state index is 13.3. The smallest absolute Gasteiger partial charge is 0.142 e.